The average Bonchev–Trinajstić information content (AvgIpc) is 3.16. The molecule has 3 rings (SSSR count). The lowest BCUT2D eigenvalue weighted by Crippen LogP contribution is -2.38. The molecule has 0 spiro atoms. The predicted octanol–water partition coefficient (Wildman–Crippen LogP) is 0.568. The van der Waals surface area contributed by atoms with E-state index in [9.17, 15) is 4.79 Å². The Morgan fingerprint density at radius 1 is 1.33 bits per heavy atom. The molecule has 0 aromatic carbocycles. The summed E-state index contributed by atoms with van der Waals surface area (Å²) in [6.45, 7) is 5.16. The molecule has 0 radical (unpaired) electrons. The summed E-state index contributed by atoms with van der Waals surface area (Å²) in [6.07, 6.45) is 5.22. The topological polar surface area (TPSA) is 61.4 Å². The number of carbonyl (C=O) groups excluding carboxylic acids is 1. The van der Waals surface area contributed by atoms with E-state index in [0.29, 0.717) is 25.6 Å². The molecule has 1 aromatic heterocycles. The van der Waals surface area contributed by atoms with Crippen molar-refractivity contribution in [2.75, 3.05) is 40.3 Å². The molecule has 0 saturated carbocycles. The Balaban J connectivity index is 1.42. The SMILES string of the molecule is Cc1nc(CCNC(=O)CN2CCC(N(C)C)C2)nc2c1CCC2. The summed E-state index contributed by atoms with van der Waals surface area (Å²) in [6, 6.07) is 0.570. The first kappa shape index (κ1) is 17.3. The van der Waals surface area contributed by atoms with E-state index in [1.807, 2.05) is 0 Å². The number of likely N-dealkylation sites (tertiary alicyclic amines) is 1. The van der Waals surface area contributed by atoms with Crippen LogP contribution in [0.15, 0.2) is 0 Å². The molecule has 1 aliphatic heterocycles. The molecule has 1 unspecified atom stereocenters. The number of aromatic nitrogens is 2. The zero-order valence-corrected chi connectivity index (χ0v) is 15.1. The van der Waals surface area contributed by atoms with Gasteiger partial charge >= 0.3 is 0 Å². The van der Waals surface area contributed by atoms with Gasteiger partial charge in [0.1, 0.15) is 5.82 Å². The van der Waals surface area contributed by atoms with Crippen molar-refractivity contribution in [2.24, 2.45) is 0 Å². The van der Waals surface area contributed by atoms with Crippen molar-refractivity contribution in [3.05, 3.63) is 22.8 Å². The van der Waals surface area contributed by atoms with Crippen molar-refractivity contribution in [2.45, 2.75) is 45.1 Å². The molecule has 0 bridgehead atoms. The van der Waals surface area contributed by atoms with E-state index in [2.05, 4.69) is 46.1 Å². The van der Waals surface area contributed by atoms with Gasteiger partial charge in [-0.15, -0.1) is 0 Å². The highest BCUT2D eigenvalue weighted by Gasteiger charge is 2.25. The van der Waals surface area contributed by atoms with E-state index < -0.39 is 0 Å². The lowest BCUT2D eigenvalue weighted by Gasteiger charge is -2.20. The van der Waals surface area contributed by atoms with Crippen molar-refractivity contribution < 1.29 is 4.79 Å². The van der Waals surface area contributed by atoms with Gasteiger partial charge in [-0.05, 0) is 52.3 Å². The molecule has 6 heteroatoms. The first-order chi connectivity index (χ1) is 11.5. The summed E-state index contributed by atoms with van der Waals surface area (Å²) in [7, 11) is 4.21. The van der Waals surface area contributed by atoms with Gasteiger partial charge in [-0.25, -0.2) is 9.97 Å². The maximum absolute atomic E-state index is 12.1. The van der Waals surface area contributed by atoms with Crippen LogP contribution in [-0.2, 0) is 24.1 Å². The Morgan fingerprint density at radius 3 is 2.92 bits per heavy atom. The molecule has 1 amide bonds. The van der Waals surface area contributed by atoms with E-state index in [-0.39, 0.29) is 5.91 Å². The molecule has 2 heterocycles. The zero-order valence-electron chi connectivity index (χ0n) is 15.1. The van der Waals surface area contributed by atoms with E-state index in [4.69, 9.17) is 0 Å². The van der Waals surface area contributed by atoms with Crippen molar-refractivity contribution >= 4 is 5.91 Å². The minimum absolute atomic E-state index is 0.104. The first-order valence-corrected chi connectivity index (χ1v) is 9.03. The second-order valence-corrected chi connectivity index (χ2v) is 7.25. The molecule has 1 saturated heterocycles. The maximum Gasteiger partial charge on any atom is 0.234 e. The third-order valence-corrected chi connectivity index (χ3v) is 5.20. The Labute approximate surface area is 144 Å². The van der Waals surface area contributed by atoms with Crippen LogP contribution in [0, 0.1) is 6.92 Å². The largest absolute Gasteiger partial charge is 0.355 e. The Hall–Kier alpha value is -1.53. The summed E-state index contributed by atoms with van der Waals surface area (Å²) in [5.74, 6) is 0.967. The van der Waals surface area contributed by atoms with Crippen LogP contribution in [0.4, 0.5) is 0 Å². The zero-order chi connectivity index (χ0) is 17.1. The highest BCUT2D eigenvalue weighted by atomic mass is 16.2. The van der Waals surface area contributed by atoms with E-state index in [0.717, 1.165) is 43.9 Å². The van der Waals surface area contributed by atoms with Crippen LogP contribution in [0.2, 0.25) is 0 Å². The molecular weight excluding hydrogens is 302 g/mol. The van der Waals surface area contributed by atoms with Crippen LogP contribution >= 0.6 is 0 Å². The second kappa shape index (κ2) is 7.57. The minimum Gasteiger partial charge on any atom is -0.355 e. The van der Waals surface area contributed by atoms with Crippen LogP contribution in [-0.4, -0.2) is 72.0 Å². The quantitative estimate of drug-likeness (QED) is 0.826. The molecule has 6 nitrogen and oxygen atoms in total. The van der Waals surface area contributed by atoms with Gasteiger partial charge in [0, 0.05) is 43.5 Å². The lowest BCUT2D eigenvalue weighted by atomic mass is 10.2. The van der Waals surface area contributed by atoms with E-state index >= 15 is 0 Å². The number of nitrogens with one attached hydrogen (secondary N) is 1. The smallest absolute Gasteiger partial charge is 0.234 e. The third-order valence-electron chi connectivity index (χ3n) is 5.20. The van der Waals surface area contributed by atoms with Gasteiger partial charge in [-0.1, -0.05) is 0 Å². The van der Waals surface area contributed by atoms with E-state index in [1.165, 1.54) is 17.7 Å². The second-order valence-electron chi connectivity index (χ2n) is 7.25. The van der Waals surface area contributed by atoms with E-state index in [1.54, 1.807) is 0 Å². The van der Waals surface area contributed by atoms with Crippen LogP contribution in [0.1, 0.15) is 35.6 Å². The highest BCUT2D eigenvalue weighted by molar-refractivity contribution is 5.78. The van der Waals surface area contributed by atoms with Gasteiger partial charge in [0.15, 0.2) is 0 Å². The van der Waals surface area contributed by atoms with Gasteiger partial charge in [0.2, 0.25) is 5.91 Å². The van der Waals surface area contributed by atoms with Crippen molar-refractivity contribution in [1.29, 1.82) is 0 Å². The fraction of sp³-hybridized carbons (Fsp3) is 0.722. The number of fused-ring (bicyclic) bond motifs is 1. The summed E-state index contributed by atoms with van der Waals surface area (Å²) < 4.78 is 0. The van der Waals surface area contributed by atoms with Gasteiger partial charge < -0.3 is 10.2 Å². The number of carbonyl (C=O) groups is 1. The summed E-state index contributed by atoms with van der Waals surface area (Å²) in [5, 5.41) is 3.02. The van der Waals surface area contributed by atoms with Gasteiger partial charge in [0.25, 0.3) is 0 Å². The van der Waals surface area contributed by atoms with Gasteiger partial charge in [0.05, 0.1) is 6.54 Å². The van der Waals surface area contributed by atoms with Crippen LogP contribution in [0.25, 0.3) is 0 Å². The van der Waals surface area contributed by atoms with Crippen molar-refractivity contribution in [3.63, 3.8) is 0 Å². The number of hydrogen-bond acceptors (Lipinski definition) is 5. The van der Waals surface area contributed by atoms with Crippen molar-refractivity contribution in [1.82, 2.24) is 25.1 Å². The standard InChI is InChI=1S/C18H29N5O/c1-13-15-5-4-6-16(15)21-17(20-13)7-9-19-18(24)12-23-10-8-14(11-23)22(2)3/h14H,4-12H2,1-3H3,(H,19,24). The fourth-order valence-electron chi connectivity index (χ4n) is 3.74. The van der Waals surface area contributed by atoms with Crippen molar-refractivity contribution in [3.8, 4) is 0 Å². The first-order valence-electron chi connectivity index (χ1n) is 9.03. The van der Waals surface area contributed by atoms with Gasteiger partial charge in [-0.3, -0.25) is 9.69 Å². The predicted molar refractivity (Wildman–Crippen MR) is 94.0 cm³/mol. The summed E-state index contributed by atoms with van der Waals surface area (Å²) in [5.41, 5.74) is 3.67. The Bertz CT molecular complexity index is 601. The van der Waals surface area contributed by atoms with Crippen LogP contribution < -0.4 is 5.32 Å². The number of aryl methyl sites for hydroxylation is 2. The average molecular weight is 331 g/mol. The Morgan fingerprint density at radius 2 is 2.17 bits per heavy atom. The number of hydrogen-bond donors (Lipinski definition) is 1. The van der Waals surface area contributed by atoms with Crippen LogP contribution in [0.3, 0.4) is 0 Å². The molecule has 1 atom stereocenters. The molecule has 1 N–H and O–H groups in total. The maximum atomic E-state index is 12.1. The minimum atomic E-state index is 0.104. The Kier molecular flexibility index (Phi) is 5.46. The summed E-state index contributed by atoms with van der Waals surface area (Å²) >= 11 is 0. The highest BCUT2D eigenvalue weighted by Crippen LogP contribution is 2.22. The molecule has 1 fully saturated rings. The number of rotatable bonds is 6. The molecule has 24 heavy (non-hydrogen) atoms. The monoisotopic (exact) mass is 331 g/mol. The molecule has 2 aliphatic rings. The van der Waals surface area contributed by atoms with Gasteiger partial charge in [-0.2, -0.15) is 0 Å². The molecule has 132 valence electrons. The normalized spacial score (nSPS) is 20.6. The fourth-order valence-corrected chi connectivity index (χ4v) is 3.74. The summed E-state index contributed by atoms with van der Waals surface area (Å²) in [4.78, 5) is 25.8. The number of nitrogens with zero attached hydrogens (tertiary/aromatic N) is 4. The van der Waals surface area contributed by atoms with Crippen LogP contribution in [0.5, 0.6) is 0 Å². The molecule has 1 aliphatic carbocycles. The lowest BCUT2D eigenvalue weighted by molar-refractivity contribution is -0.122. The number of amides is 1. The molecule has 1 aromatic rings. The number of likely N-dealkylation sites (N-methyl/N-ethyl adjacent to an activating group) is 1. The molecular formula is C18H29N5O. The third kappa shape index (κ3) is 4.11.